The van der Waals surface area contributed by atoms with E-state index < -0.39 is 0 Å². The largest absolute Gasteiger partial charge is 0.484 e. The first-order valence-electron chi connectivity index (χ1n) is 7.63. The molecular formula is C19H20N2O2. The highest BCUT2D eigenvalue weighted by Gasteiger charge is 2.10. The summed E-state index contributed by atoms with van der Waals surface area (Å²) in [7, 11) is 0. The maximum atomic E-state index is 5.83. The highest BCUT2D eigenvalue weighted by molar-refractivity contribution is 5.52. The Morgan fingerprint density at radius 1 is 0.870 bits per heavy atom. The van der Waals surface area contributed by atoms with E-state index in [0.717, 1.165) is 16.9 Å². The average Bonchev–Trinajstić information content (AvgIpc) is 2.99. The number of hydrogen-bond acceptors (Lipinski definition) is 4. The van der Waals surface area contributed by atoms with E-state index in [1.807, 2.05) is 44.2 Å². The van der Waals surface area contributed by atoms with Crippen LogP contribution in [0.2, 0.25) is 0 Å². The summed E-state index contributed by atoms with van der Waals surface area (Å²) in [6, 6.07) is 12.2. The molecule has 0 atom stereocenters. The minimum atomic E-state index is 0.266. The molecule has 0 N–H and O–H groups in total. The Kier molecular flexibility index (Phi) is 4.15. The van der Waals surface area contributed by atoms with Crippen molar-refractivity contribution in [3.05, 3.63) is 64.5 Å². The summed E-state index contributed by atoms with van der Waals surface area (Å²) in [5.74, 6) is 1.83. The number of aromatic nitrogens is 2. The number of ether oxygens (including phenoxy) is 1. The quantitative estimate of drug-likeness (QED) is 0.709. The topological polar surface area (TPSA) is 48.2 Å². The highest BCUT2D eigenvalue weighted by Crippen LogP contribution is 2.24. The van der Waals surface area contributed by atoms with Crippen LogP contribution in [0, 0.1) is 27.7 Å². The molecule has 23 heavy (non-hydrogen) atoms. The molecule has 0 aliphatic heterocycles. The predicted molar refractivity (Wildman–Crippen MR) is 89.5 cm³/mol. The molecule has 4 heteroatoms. The molecule has 0 aliphatic carbocycles. The molecule has 0 saturated heterocycles. The fourth-order valence-corrected chi connectivity index (χ4v) is 2.35. The first-order chi connectivity index (χ1) is 11.0. The van der Waals surface area contributed by atoms with Crippen molar-refractivity contribution in [3.8, 4) is 17.2 Å². The van der Waals surface area contributed by atoms with Gasteiger partial charge < -0.3 is 9.15 Å². The Hall–Kier alpha value is -2.62. The van der Waals surface area contributed by atoms with Gasteiger partial charge in [-0.3, -0.25) is 0 Å². The van der Waals surface area contributed by atoms with Crippen LogP contribution < -0.4 is 4.74 Å². The van der Waals surface area contributed by atoms with Gasteiger partial charge in [-0.2, -0.15) is 0 Å². The molecule has 118 valence electrons. The Morgan fingerprint density at radius 3 is 2.30 bits per heavy atom. The highest BCUT2D eigenvalue weighted by atomic mass is 16.5. The molecule has 0 amide bonds. The van der Waals surface area contributed by atoms with Crippen molar-refractivity contribution >= 4 is 0 Å². The van der Waals surface area contributed by atoms with Crippen molar-refractivity contribution in [2.24, 2.45) is 0 Å². The summed E-state index contributed by atoms with van der Waals surface area (Å²) < 4.78 is 11.5. The second-order valence-corrected chi connectivity index (χ2v) is 5.86. The van der Waals surface area contributed by atoms with Crippen LogP contribution in [0.25, 0.3) is 11.5 Å². The smallest absolute Gasteiger partial charge is 0.254 e. The third-order valence-corrected chi connectivity index (χ3v) is 3.91. The standard InChI is InChI=1S/C19H20N2O2/c1-12-5-7-16(8-6-12)19-21-20-18(23-19)11-22-17-10-14(3)13(2)9-15(17)4/h5-10H,11H2,1-4H3. The van der Waals surface area contributed by atoms with E-state index in [0.29, 0.717) is 11.8 Å². The minimum absolute atomic E-state index is 0.266. The zero-order valence-electron chi connectivity index (χ0n) is 13.9. The number of hydrogen-bond donors (Lipinski definition) is 0. The molecule has 0 unspecified atom stereocenters. The third-order valence-electron chi connectivity index (χ3n) is 3.91. The Balaban J connectivity index is 1.72. The molecule has 1 heterocycles. The van der Waals surface area contributed by atoms with Crippen LogP contribution >= 0.6 is 0 Å². The lowest BCUT2D eigenvalue weighted by Gasteiger charge is -2.10. The number of benzene rings is 2. The molecule has 0 aliphatic rings. The van der Waals surface area contributed by atoms with Gasteiger partial charge in [-0.25, -0.2) is 0 Å². The average molecular weight is 308 g/mol. The zero-order valence-corrected chi connectivity index (χ0v) is 13.9. The van der Waals surface area contributed by atoms with Gasteiger partial charge in [0.25, 0.3) is 5.89 Å². The molecule has 0 fully saturated rings. The lowest BCUT2D eigenvalue weighted by atomic mass is 10.1. The van der Waals surface area contributed by atoms with Crippen molar-refractivity contribution in [1.29, 1.82) is 0 Å². The summed E-state index contributed by atoms with van der Waals surface area (Å²) >= 11 is 0. The lowest BCUT2D eigenvalue weighted by Crippen LogP contribution is -1.98. The van der Waals surface area contributed by atoms with Crippen LogP contribution in [0.3, 0.4) is 0 Å². The molecular weight excluding hydrogens is 288 g/mol. The fraction of sp³-hybridized carbons (Fsp3) is 0.263. The fourth-order valence-electron chi connectivity index (χ4n) is 2.35. The van der Waals surface area contributed by atoms with Gasteiger partial charge in [0, 0.05) is 5.56 Å². The number of nitrogens with zero attached hydrogens (tertiary/aromatic N) is 2. The molecule has 2 aromatic carbocycles. The molecule has 1 aromatic heterocycles. The van der Waals surface area contributed by atoms with E-state index in [-0.39, 0.29) is 6.61 Å². The molecule has 0 saturated carbocycles. The van der Waals surface area contributed by atoms with E-state index in [1.54, 1.807) is 0 Å². The molecule has 0 bridgehead atoms. The second-order valence-electron chi connectivity index (χ2n) is 5.86. The monoisotopic (exact) mass is 308 g/mol. The van der Waals surface area contributed by atoms with Gasteiger partial charge in [-0.05, 0) is 62.6 Å². The van der Waals surface area contributed by atoms with E-state index in [9.17, 15) is 0 Å². The van der Waals surface area contributed by atoms with Crippen LogP contribution in [-0.4, -0.2) is 10.2 Å². The van der Waals surface area contributed by atoms with Gasteiger partial charge in [-0.15, -0.1) is 10.2 Å². The second kappa shape index (κ2) is 6.24. The van der Waals surface area contributed by atoms with E-state index in [1.165, 1.54) is 16.7 Å². The number of aryl methyl sites for hydroxylation is 4. The zero-order chi connectivity index (χ0) is 16.4. The molecule has 3 rings (SSSR count). The van der Waals surface area contributed by atoms with Crippen molar-refractivity contribution in [1.82, 2.24) is 10.2 Å². The van der Waals surface area contributed by atoms with E-state index in [2.05, 4.69) is 30.1 Å². The van der Waals surface area contributed by atoms with Crippen LogP contribution in [-0.2, 0) is 6.61 Å². The maximum Gasteiger partial charge on any atom is 0.254 e. The molecule has 0 radical (unpaired) electrons. The Labute approximate surface area is 136 Å². The van der Waals surface area contributed by atoms with Crippen LogP contribution in [0.15, 0.2) is 40.8 Å². The normalized spacial score (nSPS) is 10.8. The van der Waals surface area contributed by atoms with Crippen molar-refractivity contribution < 1.29 is 9.15 Å². The molecule has 4 nitrogen and oxygen atoms in total. The van der Waals surface area contributed by atoms with Crippen molar-refractivity contribution in [2.75, 3.05) is 0 Å². The Morgan fingerprint density at radius 2 is 1.57 bits per heavy atom. The minimum Gasteiger partial charge on any atom is -0.484 e. The summed E-state index contributed by atoms with van der Waals surface area (Å²) in [6.07, 6.45) is 0. The van der Waals surface area contributed by atoms with Crippen molar-refractivity contribution in [3.63, 3.8) is 0 Å². The van der Waals surface area contributed by atoms with Gasteiger partial charge in [0.05, 0.1) is 0 Å². The first kappa shape index (κ1) is 15.3. The maximum absolute atomic E-state index is 5.83. The lowest BCUT2D eigenvalue weighted by molar-refractivity contribution is 0.262. The summed E-state index contributed by atoms with van der Waals surface area (Å²) in [6.45, 7) is 8.51. The summed E-state index contributed by atoms with van der Waals surface area (Å²) in [4.78, 5) is 0. The van der Waals surface area contributed by atoms with Gasteiger partial charge in [-0.1, -0.05) is 23.8 Å². The van der Waals surface area contributed by atoms with Crippen LogP contribution in [0.1, 0.15) is 28.1 Å². The van der Waals surface area contributed by atoms with Crippen LogP contribution in [0.4, 0.5) is 0 Å². The third kappa shape index (κ3) is 3.42. The summed E-state index contributed by atoms with van der Waals surface area (Å²) in [5.41, 5.74) is 5.68. The number of rotatable bonds is 4. The van der Waals surface area contributed by atoms with Gasteiger partial charge in [0.15, 0.2) is 6.61 Å². The van der Waals surface area contributed by atoms with E-state index in [4.69, 9.17) is 9.15 Å². The van der Waals surface area contributed by atoms with Crippen LogP contribution in [0.5, 0.6) is 5.75 Å². The van der Waals surface area contributed by atoms with Gasteiger partial charge in [0.2, 0.25) is 5.89 Å². The first-order valence-corrected chi connectivity index (χ1v) is 7.63. The molecule has 0 spiro atoms. The van der Waals surface area contributed by atoms with Gasteiger partial charge in [0.1, 0.15) is 5.75 Å². The van der Waals surface area contributed by atoms with Crippen molar-refractivity contribution in [2.45, 2.75) is 34.3 Å². The SMILES string of the molecule is Cc1ccc(-c2nnc(COc3cc(C)c(C)cc3C)o2)cc1. The van der Waals surface area contributed by atoms with E-state index >= 15 is 0 Å². The summed E-state index contributed by atoms with van der Waals surface area (Å²) in [5, 5.41) is 8.14. The van der Waals surface area contributed by atoms with Gasteiger partial charge >= 0.3 is 0 Å². The predicted octanol–water partition coefficient (Wildman–Crippen LogP) is 4.55. The molecule has 3 aromatic rings. The Bertz CT molecular complexity index is 820.